The highest BCUT2D eigenvalue weighted by molar-refractivity contribution is 7.89. The van der Waals surface area contributed by atoms with Gasteiger partial charge in [0.2, 0.25) is 21.7 Å². The number of nitrogens with two attached hydrogens (primary N) is 1. The summed E-state index contributed by atoms with van der Waals surface area (Å²) in [7, 11) is -4.24. The van der Waals surface area contributed by atoms with Gasteiger partial charge in [0.25, 0.3) is 0 Å². The Morgan fingerprint density at radius 2 is 2.10 bits per heavy atom. The van der Waals surface area contributed by atoms with Crippen molar-refractivity contribution in [1.29, 1.82) is 0 Å². The lowest BCUT2D eigenvalue weighted by atomic mass is 10.3. The largest absolute Gasteiger partial charge is 0.370 e. The Morgan fingerprint density at radius 1 is 1.45 bits per heavy atom. The number of sulfonamides is 1. The van der Waals surface area contributed by atoms with Crippen LogP contribution in [0.2, 0.25) is 0 Å². The van der Waals surface area contributed by atoms with Crippen LogP contribution >= 0.6 is 0 Å². The number of rotatable bonds is 7. The number of para-hydroxylation sites is 1. The first-order valence-corrected chi connectivity index (χ1v) is 6.95. The number of nitro benzene ring substituents is 1. The molecule has 0 bridgehead atoms. The van der Waals surface area contributed by atoms with Crippen molar-refractivity contribution in [3.05, 3.63) is 34.1 Å². The first-order valence-electron chi connectivity index (χ1n) is 5.46. The number of benzene rings is 1. The monoisotopic (exact) mass is 305 g/mol. The molecule has 0 aliphatic rings. The van der Waals surface area contributed by atoms with E-state index >= 15 is 0 Å². The molecular weight excluding hydrogens is 293 g/mol. The number of hydrogen-bond donors (Lipinski definition) is 2. The van der Waals surface area contributed by atoms with Crippen LogP contribution in [0.25, 0.3) is 0 Å². The maximum atomic E-state index is 13.3. The number of amides is 1. The second-order valence-electron chi connectivity index (χ2n) is 3.81. The summed E-state index contributed by atoms with van der Waals surface area (Å²) in [6.07, 6.45) is 0.103. The maximum Gasteiger partial charge on any atom is 0.324 e. The number of hydrogen-bond acceptors (Lipinski definition) is 5. The molecule has 0 spiro atoms. The van der Waals surface area contributed by atoms with Gasteiger partial charge in [0.15, 0.2) is 4.90 Å². The topological polar surface area (TPSA) is 132 Å². The van der Waals surface area contributed by atoms with Gasteiger partial charge in [-0.2, -0.15) is 4.39 Å². The summed E-state index contributed by atoms with van der Waals surface area (Å²) in [5, 5.41) is 10.7. The fourth-order valence-electron chi connectivity index (χ4n) is 1.44. The van der Waals surface area contributed by atoms with Crippen LogP contribution in [0.5, 0.6) is 0 Å². The Labute approximate surface area is 114 Å². The van der Waals surface area contributed by atoms with Gasteiger partial charge in [-0.25, -0.2) is 13.1 Å². The van der Waals surface area contributed by atoms with Crippen LogP contribution in [0.3, 0.4) is 0 Å². The van der Waals surface area contributed by atoms with E-state index in [1.54, 1.807) is 0 Å². The Bertz CT molecular complexity index is 632. The van der Waals surface area contributed by atoms with Gasteiger partial charge in [-0.3, -0.25) is 14.9 Å². The minimum atomic E-state index is -4.24. The van der Waals surface area contributed by atoms with Crippen molar-refractivity contribution in [2.24, 2.45) is 5.73 Å². The minimum absolute atomic E-state index is 0.0340. The van der Waals surface area contributed by atoms with Gasteiger partial charge < -0.3 is 5.73 Å². The molecule has 1 aromatic rings. The highest BCUT2D eigenvalue weighted by Crippen LogP contribution is 2.26. The number of nitro groups is 1. The molecule has 0 atom stereocenters. The van der Waals surface area contributed by atoms with Crippen LogP contribution in [0.1, 0.15) is 12.8 Å². The fourth-order valence-corrected chi connectivity index (χ4v) is 2.69. The smallest absolute Gasteiger partial charge is 0.324 e. The zero-order chi connectivity index (χ0) is 15.3. The Kier molecular flexibility index (Phi) is 5.11. The summed E-state index contributed by atoms with van der Waals surface area (Å²) in [5.41, 5.74) is 3.77. The van der Waals surface area contributed by atoms with Gasteiger partial charge in [0.05, 0.1) is 4.92 Å². The van der Waals surface area contributed by atoms with Gasteiger partial charge in [-0.05, 0) is 18.6 Å². The average Bonchev–Trinajstić information content (AvgIpc) is 2.33. The summed E-state index contributed by atoms with van der Waals surface area (Å²) in [6.45, 7) is -0.140. The summed E-state index contributed by atoms with van der Waals surface area (Å²) >= 11 is 0. The maximum absolute atomic E-state index is 13.3. The third-order valence-corrected chi connectivity index (χ3v) is 3.81. The molecule has 0 radical (unpaired) electrons. The predicted octanol–water partition coefficient (Wildman–Crippen LogP) is 0.278. The lowest BCUT2D eigenvalue weighted by molar-refractivity contribution is -0.390. The first-order chi connectivity index (χ1) is 9.25. The van der Waals surface area contributed by atoms with Crippen molar-refractivity contribution >= 4 is 21.6 Å². The molecule has 20 heavy (non-hydrogen) atoms. The molecule has 8 nitrogen and oxygen atoms in total. The summed E-state index contributed by atoms with van der Waals surface area (Å²) in [6, 6.07) is 2.78. The van der Waals surface area contributed by atoms with E-state index in [1.165, 1.54) is 0 Å². The van der Waals surface area contributed by atoms with Crippen LogP contribution in [0.15, 0.2) is 23.1 Å². The van der Waals surface area contributed by atoms with E-state index in [4.69, 9.17) is 5.73 Å². The zero-order valence-corrected chi connectivity index (χ0v) is 11.0. The lowest BCUT2D eigenvalue weighted by Gasteiger charge is -2.07. The molecule has 1 rings (SSSR count). The fraction of sp³-hybridized carbons (Fsp3) is 0.300. The normalized spacial score (nSPS) is 11.2. The second-order valence-corrected chi connectivity index (χ2v) is 5.55. The molecule has 0 aliphatic carbocycles. The van der Waals surface area contributed by atoms with Crippen molar-refractivity contribution < 1.29 is 22.5 Å². The number of carbonyl (C=O) groups excluding carboxylic acids is 1. The molecule has 0 aromatic heterocycles. The summed E-state index contributed by atoms with van der Waals surface area (Å²) in [4.78, 5) is 19.3. The number of nitrogens with zero attached hydrogens (tertiary/aromatic N) is 1. The van der Waals surface area contributed by atoms with Crippen molar-refractivity contribution in [3.8, 4) is 0 Å². The number of primary amides is 1. The first kappa shape index (κ1) is 16.0. The molecule has 1 aromatic carbocycles. The standard InChI is InChI=1S/C10H12FN3O5S/c11-7-3-1-4-8(10(7)14(16)17)20(18,19)13-6-2-5-9(12)15/h1,3-4,13H,2,5-6H2,(H2,12,15). The van der Waals surface area contributed by atoms with Crippen LogP contribution in [0, 0.1) is 15.9 Å². The van der Waals surface area contributed by atoms with E-state index in [1.807, 2.05) is 4.72 Å². The quantitative estimate of drug-likeness (QED) is 0.424. The third-order valence-electron chi connectivity index (χ3n) is 2.31. The van der Waals surface area contributed by atoms with Gasteiger partial charge in [-0.1, -0.05) is 6.07 Å². The molecule has 0 aliphatic heterocycles. The average molecular weight is 305 g/mol. The number of nitrogens with one attached hydrogen (secondary N) is 1. The van der Waals surface area contributed by atoms with Gasteiger partial charge in [-0.15, -0.1) is 0 Å². The molecule has 0 fully saturated rings. The minimum Gasteiger partial charge on any atom is -0.370 e. The van der Waals surface area contributed by atoms with E-state index < -0.39 is 37.3 Å². The molecule has 0 saturated heterocycles. The summed E-state index contributed by atoms with van der Waals surface area (Å²) in [5.74, 6) is -1.84. The molecule has 3 N–H and O–H groups in total. The van der Waals surface area contributed by atoms with Crippen LogP contribution < -0.4 is 10.5 Å². The molecular formula is C10H12FN3O5S. The van der Waals surface area contributed by atoms with Crippen molar-refractivity contribution in [3.63, 3.8) is 0 Å². The van der Waals surface area contributed by atoms with E-state index in [0.29, 0.717) is 0 Å². The van der Waals surface area contributed by atoms with Gasteiger partial charge >= 0.3 is 5.69 Å². The molecule has 1 amide bonds. The predicted molar refractivity (Wildman–Crippen MR) is 66.7 cm³/mol. The molecule has 0 heterocycles. The lowest BCUT2D eigenvalue weighted by Crippen LogP contribution is -2.26. The van der Waals surface area contributed by atoms with E-state index in [0.717, 1.165) is 18.2 Å². The van der Waals surface area contributed by atoms with E-state index in [2.05, 4.69) is 0 Å². The highest BCUT2D eigenvalue weighted by atomic mass is 32.2. The van der Waals surface area contributed by atoms with Crippen LogP contribution in [-0.4, -0.2) is 25.8 Å². The Balaban J connectivity index is 2.96. The van der Waals surface area contributed by atoms with Crippen molar-refractivity contribution in [2.45, 2.75) is 17.7 Å². The van der Waals surface area contributed by atoms with E-state index in [-0.39, 0.29) is 19.4 Å². The molecule has 10 heteroatoms. The van der Waals surface area contributed by atoms with Gasteiger partial charge in [0, 0.05) is 13.0 Å². The molecule has 0 unspecified atom stereocenters. The molecule has 0 saturated carbocycles. The Hall–Kier alpha value is -2.07. The zero-order valence-electron chi connectivity index (χ0n) is 10.2. The Morgan fingerprint density at radius 3 is 2.65 bits per heavy atom. The van der Waals surface area contributed by atoms with Crippen molar-refractivity contribution in [1.82, 2.24) is 4.72 Å². The second kappa shape index (κ2) is 6.39. The van der Waals surface area contributed by atoms with E-state index in [9.17, 15) is 27.7 Å². The van der Waals surface area contributed by atoms with Crippen molar-refractivity contribution in [2.75, 3.05) is 6.54 Å². The van der Waals surface area contributed by atoms with Crippen LogP contribution in [0.4, 0.5) is 10.1 Å². The highest BCUT2D eigenvalue weighted by Gasteiger charge is 2.28. The third kappa shape index (κ3) is 3.96. The number of halogens is 1. The number of carbonyl (C=O) groups is 1. The SMILES string of the molecule is NC(=O)CCCNS(=O)(=O)c1cccc(F)c1[N+](=O)[O-]. The van der Waals surface area contributed by atoms with Crippen LogP contribution in [-0.2, 0) is 14.8 Å². The summed E-state index contributed by atoms with van der Waals surface area (Å²) < 4.78 is 39.1. The molecule has 110 valence electrons. The van der Waals surface area contributed by atoms with Gasteiger partial charge in [0.1, 0.15) is 0 Å².